The van der Waals surface area contributed by atoms with Crippen molar-refractivity contribution >= 4 is 23.2 Å². The largest absolute Gasteiger partial charge is 0.492 e. The topological polar surface area (TPSA) is 29.5 Å². The van der Waals surface area contributed by atoms with E-state index in [9.17, 15) is 5.11 Å². The molecule has 1 aliphatic carbocycles. The van der Waals surface area contributed by atoms with Crippen LogP contribution in [0, 0.1) is 5.92 Å². The smallest absolute Gasteiger partial charge is 0.139 e. The summed E-state index contributed by atoms with van der Waals surface area (Å²) in [6, 6.07) is 3.45. The van der Waals surface area contributed by atoms with Crippen LogP contribution in [-0.2, 0) is 0 Å². The predicted molar refractivity (Wildman–Crippen MR) is 79.2 cm³/mol. The lowest BCUT2D eigenvalue weighted by Crippen LogP contribution is -2.16. The molecule has 4 heteroatoms. The van der Waals surface area contributed by atoms with Crippen LogP contribution in [0.2, 0.25) is 10.0 Å². The zero-order valence-corrected chi connectivity index (χ0v) is 12.7. The summed E-state index contributed by atoms with van der Waals surface area (Å²) in [5.41, 5.74) is 0.724. The molecule has 2 nitrogen and oxygen atoms in total. The summed E-state index contributed by atoms with van der Waals surface area (Å²) in [5, 5.41) is 11.5. The Labute approximate surface area is 124 Å². The van der Waals surface area contributed by atoms with E-state index in [-0.39, 0.29) is 0 Å². The Kier molecular flexibility index (Phi) is 5.37. The summed E-state index contributed by atoms with van der Waals surface area (Å²) >= 11 is 12.4. The Morgan fingerprint density at radius 2 is 1.89 bits per heavy atom. The predicted octanol–water partition coefficient (Wildman–Crippen LogP) is 5.01. The molecule has 1 atom stereocenters. The van der Waals surface area contributed by atoms with Crippen molar-refractivity contribution in [2.24, 2.45) is 5.92 Å². The van der Waals surface area contributed by atoms with Gasteiger partial charge < -0.3 is 9.84 Å². The highest BCUT2D eigenvalue weighted by Crippen LogP contribution is 2.40. The molecule has 1 aromatic carbocycles. The molecular formula is C15H20Cl2O2. The third-order valence-corrected chi connectivity index (χ3v) is 4.39. The van der Waals surface area contributed by atoms with E-state index in [1.54, 1.807) is 12.1 Å². The maximum absolute atomic E-state index is 10.5. The molecule has 0 heterocycles. The van der Waals surface area contributed by atoms with Crippen LogP contribution in [0.3, 0.4) is 0 Å². The van der Waals surface area contributed by atoms with Crippen molar-refractivity contribution in [3.8, 4) is 5.75 Å². The van der Waals surface area contributed by atoms with Gasteiger partial charge in [-0.3, -0.25) is 0 Å². The van der Waals surface area contributed by atoms with E-state index < -0.39 is 6.10 Å². The molecule has 0 amide bonds. The summed E-state index contributed by atoms with van der Waals surface area (Å²) in [7, 11) is 0. The van der Waals surface area contributed by atoms with Gasteiger partial charge in [-0.05, 0) is 31.7 Å². The molecule has 0 aromatic heterocycles. The van der Waals surface area contributed by atoms with E-state index in [0.717, 1.165) is 18.4 Å². The first kappa shape index (κ1) is 15.0. The maximum atomic E-state index is 10.5. The van der Waals surface area contributed by atoms with E-state index in [2.05, 4.69) is 0 Å². The van der Waals surface area contributed by atoms with E-state index in [1.165, 1.54) is 19.3 Å². The summed E-state index contributed by atoms with van der Waals surface area (Å²) < 4.78 is 5.40. The molecule has 0 spiro atoms. The second-order valence-electron chi connectivity index (χ2n) is 5.08. The molecular weight excluding hydrogens is 283 g/mol. The first-order valence-electron chi connectivity index (χ1n) is 6.93. The molecule has 19 heavy (non-hydrogen) atoms. The number of rotatable bonds is 4. The van der Waals surface area contributed by atoms with Crippen LogP contribution in [0.15, 0.2) is 12.1 Å². The lowest BCUT2D eigenvalue weighted by molar-refractivity contribution is 0.0849. The first-order chi connectivity index (χ1) is 9.13. The van der Waals surface area contributed by atoms with Crippen LogP contribution < -0.4 is 4.74 Å². The first-order valence-corrected chi connectivity index (χ1v) is 7.69. The fraction of sp³-hybridized carbons (Fsp3) is 0.600. The second-order valence-corrected chi connectivity index (χ2v) is 5.89. The molecule has 2 rings (SSSR count). The third-order valence-electron chi connectivity index (χ3n) is 3.77. The van der Waals surface area contributed by atoms with E-state index in [0.29, 0.717) is 28.3 Å². The minimum atomic E-state index is -0.527. The highest BCUT2D eigenvalue weighted by atomic mass is 35.5. The van der Waals surface area contributed by atoms with Gasteiger partial charge in [-0.2, -0.15) is 0 Å². The molecule has 106 valence electrons. The molecule has 1 N–H and O–H groups in total. The number of hydrogen-bond donors (Lipinski definition) is 1. The summed E-state index contributed by atoms with van der Waals surface area (Å²) in [5.74, 6) is 0.869. The van der Waals surface area contributed by atoms with Gasteiger partial charge in [0, 0.05) is 11.6 Å². The van der Waals surface area contributed by atoms with Crippen molar-refractivity contribution < 1.29 is 9.84 Å². The summed E-state index contributed by atoms with van der Waals surface area (Å²) in [6.45, 7) is 2.44. The fourth-order valence-electron chi connectivity index (χ4n) is 2.74. The molecule has 1 unspecified atom stereocenters. The van der Waals surface area contributed by atoms with E-state index in [4.69, 9.17) is 27.9 Å². The number of halogens is 2. The van der Waals surface area contributed by atoms with Gasteiger partial charge in [0.1, 0.15) is 5.75 Å². The molecule has 0 aliphatic heterocycles. The monoisotopic (exact) mass is 302 g/mol. The van der Waals surface area contributed by atoms with Crippen molar-refractivity contribution in [3.05, 3.63) is 27.7 Å². The molecule has 0 saturated heterocycles. The third kappa shape index (κ3) is 3.56. The Balaban J connectivity index is 2.21. The maximum Gasteiger partial charge on any atom is 0.139 e. The molecule has 0 radical (unpaired) electrons. The molecule has 1 saturated carbocycles. The minimum absolute atomic E-state index is 0.292. The number of benzene rings is 1. The quantitative estimate of drug-likeness (QED) is 0.847. The Bertz CT molecular complexity index is 428. The van der Waals surface area contributed by atoms with Gasteiger partial charge in [0.25, 0.3) is 0 Å². The van der Waals surface area contributed by atoms with Crippen LogP contribution in [-0.4, -0.2) is 11.7 Å². The van der Waals surface area contributed by atoms with Crippen LogP contribution in [0.4, 0.5) is 0 Å². The molecule has 1 fully saturated rings. The van der Waals surface area contributed by atoms with Gasteiger partial charge in [0.05, 0.1) is 22.8 Å². The van der Waals surface area contributed by atoms with Crippen molar-refractivity contribution in [2.75, 3.05) is 6.61 Å². The second kappa shape index (κ2) is 6.83. The van der Waals surface area contributed by atoms with Gasteiger partial charge >= 0.3 is 0 Å². The lowest BCUT2D eigenvalue weighted by Gasteiger charge is -2.27. The molecule has 1 aliphatic rings. The van der Waals surface area contributed by atoms with Crippen LogP contribution in [0.5, 0.6) is 5.75 Å². The van der Waals surface area contributed by atoms with Gasteiger partial charge in [-0.1, -0.05) is 42.5 Å². The number of aliphatic hydroxyl groups is 1. The van der Waals surface area contributed by atoms with Gasteiger partial charge in [-0.25, -0.2) is 0 Å². The molecule has 0 bridgehead atoms. The van der Waals surface area contributed by atoms with Crippen molar-refractivity contribution in [1.29, 1.82) is 0 Å². The van der Waals surface area contributed by atoms with Gasteiger partial charge in [0.15, 0.2) is 0 Å². The molecule has 1 aromatic rings. The Morgan fingerprint density at radius 1 is 1.21 bits per heavy atom. The van der Waals surface area contributed by atoms with Gasteiger partial charge in [0.2, 0.25) is 0 Å². The van der Waals surface area contributed by atoms with E-state index >= 15 is 0 Å². The normalized spacial score (nSPS) is 18.3. The number of ether oxygens (including phenoxy) is 1. The fourth-order valence-corrected chi connectivity index (χ4v) is 3.23. The Hall–Kier alpha value is -0.440. The SMILES string of the molecule is CCOc1cc(Cl)c(C(O)C2CCCCC2)cc1Cl. The Morgan fingerprint density at radius 3 is 2.53 bits per heavy atom. The average Bonchev–Trinajstić information content (AvgIpc) is 2.43. The van der Waals surface area contributed by atoms with Crippen LogP contribution >= 0.6 is 23.2 Å². The lowest BCUT2D eigenvalue weighted by atomic mass is 9.83. The summed E-state index contributed by atoms with van der Waals surface area (Å²) in [6.07, 6.45) is 5.22. The standard InChI is InChI=1S/C15H20Cl2O2/c1-2-19-14-9-12(16)11(8-13(14)17)15(18)10-6-4-3-5-7-10/h8-10,15,18H,2-7H2,1H3. The average molecular weight is 303 g/mol. The zero-order chi connectivity index (χ0) is 13.8. The van der Waals surface area contributed by atoms with Gasteiger partial charge in [-0.15, -0.1) is 0 Å². The van der Waals surface area contributed by atoms with Crippen molar-refractivity contribution in [1.82, 2.24) is 0 Å². The van der Waals surface area contributed by atoms with E-state index in [1.807, 2.05) is 6.92 Å². The van der Waals surface area contributed by atoms with Crippen LogP contribution in [0.1, 0.15) is 50.7 Å². The van der Waals surface area contributed by atoms with Crippen LogP contribution in [0.25, 0.3) is 0 Å². The number of hydrogen-bond acceptors (Lipinski definition) is 2. The van der Waals surface area contributed by atoms with Crippen molar-refractivity contribution in [3.63, 3.8) is 0 Å². The number of aliphatic hydroxyl groups excluding tert-OH is 1. The van der Waals surface area contributed by atoms with Crippen molar-refractivity contribution in [2.45, 2.75) is 45.1 Å². The summed E-state index contributed by atoms with van der Waals surface area (Å²) in [4.78, 5) is 0. The highest BCUT2D eigenvalue weighted by molar-refractivity contribution is 6.34. The zero-order valence-electron chi connectivity index (χ0n) is 11.2. The minimum Gasteiger partial charge on any atom is -0.492 e. The highest BCUT2D eigenvalue weighted by Gasteiger charge is 2.25.